The predicted octanol–water partition coefficient (Wildman–Crippen LogP) is 5.63. The summed E-state index contributed by atoms with van der Waals surface area (Å²) in [7, 11) is -3.24. The number of halogens is 1. The van der Waals surface area contributed by atoms with Crippen LogP contribution in [0, 0.1) is 6.92 Å². The van der Waals surface area contributed by atoms with Crippen LogP contribution in [0.1, 0.15) is 4.88 Å². The lowest BCUT2D eigenvalue weighted by atomic mass is 10.1. The Labute approximate surface area is 173 Å². The topological polar surface area (TPSA) is 52.0 Å². The van der Waals surface area contributed by atoms with Crippen molar-refractivity contribution in [3.63, 3.8) is 0 Å². The Balaban J connectivity index is 1.87. The molecule has 142 valence electrons. The number of aromatic nitrogens is 2. The number of aryl methyl sites for hydroxylation is 1. The molecule has 0 atom stereocenters. The first-order valence-corrected chi connectivity index (χ1v) is 11.7. The summed E-state index contributed by atoms with van der Waals surface area (Å²) in [5.41, 5.74) is 4.64. The van der Waals surface area contributed by atoms with Crippen molar-refractivity contribution in [3.8, 4) is 28.2 Å². The molecule has 0 aliphatic rings. The van der Waals surface area contributed by atoms with Gasteiger partial charge in [0.1, 0.15) is 0 Å². The van der Waals surface area contributed by atoms with Gasteiger partial charge in [-0.15, -0.1) is 11.3 Å². The van der Waals surface area contributed by atoms with Gasteiger partial charge >= 0.3 is 0 Å². The van der Waals surface area contributed by atoms with Gasteiger partial charge in [0.15, 0.2) is 9.84 Å². The number of benzene rings is 2. The third-order valence-corrected chi connectivity index (χ3v) is 6.72. The van der Waals surface area contributed by atoms with Crippen molar-refractivity contribution in [2.75, 3.05) is 6.26 Å². The van der Waals surface area contributed by atoms with E-state index in [2.05, 4.69) is 18.4 Å². The maximum Gasteiger partial charge on any atom is 0.175 e. The first-order valence-electron chi connectivity index (χ1n) is 8.54. The number of hydrogen-bond acceptors (Lipinski definition) is 4. The molecule has 2 aromatic carbocycles. The van der Waals surface area contributed by atoms with Crippen LogP contribution in [0.15, 0.2) is 70.9 Å². The largest absolute Gasteiger partial charge is 0.232 e. The van der Waals surface area contributed by atoms with Crippen LogP contribution >= 0.6 is 22.9 Å². The van der Waals surface area contributed by atoms with E-state index in [0.29, 0.717) is 5.02 Å². The van der Waals surface area contributed by atoms with Crippen molar-refractivity contribution >= 4 is 32.8 Å². The summed E-state index contributed by atoms with van der Waals surface area (Å²) in [4.78, 5) is 1.48. The molecule has 0 saturated carbocycles. The maximum absolute atomic E-state index is 11.8. The average molecular weight is 429 g/mol. The number of nitrogens with zero attached hydrogens (tertiary/aromatic N) is 2. The molecule has 0 N–H and O–H groups in total. The SMILES string of the molecule is Cc1sccc1-c1cc(-c2ccc(Cl)cc2)nn1-c1ccc(S(C)(=O)=O)cc1. The van der Waals surface area contributed by atoms with E-state index in [1.165, 1.54) is 11.1 Å². The molecule has 0 spiro atoms. The minimum absolute atomic E-state index is 0.287. The van der Waals surface area contributed by atoms with E-state index < -0.39 is 9.84 Å². The molecule has 0 fully saturated rings. The summed E-state index contributed by atoms with van der Waals surface area (Å²) >= 11 is 7.69. The quantitative estimate of drug-likeness (QED) is 0.423. The zero-order chi connectivity index (χ0) is 19.9. The summed E-state index contributed by atoms with van der Waals surface area (Å²) in [6.45, 7) is 2.08. The molecule has 2 aromatic heterocycles. The van der Waals surface area contributed by atoms with Crippen LogP contribution in [0.5, 0.6) is 0 Å². The van der Waals surface area contributed by atoms with Gasteiger partial charge in [-0.1, -0.05) is 23.7 Å². The second-order valence-corrected chi connectivity index (χ2v) is 10.1. The van der Waals surface area contributed by atoms with Gasteiger partial charge in [0, 0.05) is 27.3 Å². The summed E-state index contributed by atoms with van der Waals surface area (Å²) in [5.74, 6) is 0. The zero-order valence-corrected chi connectivity index (χ0v) is 17.6. The molecular formula is C21H17ClN2O2S2. The lowest BCUT2D eigenvalue weighted by molar-refractivity contribution is 0.602. The van der Waals surface area contributed by atoms with E-state index in [9.17, 15) is 8.42 Å². The third-order valence-electron chi connectivity index (χ3n) is 4.49. The summed E-state index contributed by atoms with van der Waals surface area (Å²) in [5, 5.41) is 7.52. The Morgan fingerprint density at radius 1 is 1.00 bits per heavy atom. The van der Waals surface area contributed by atoms with Gasteiger partial charge < -0.3 is 0 Å². The molecule has 0 amide bonds. The van der Waals surface area contributed by atoms with E-state index in [4.69, 9.17) is 16.7 Å². The smallest absolute Gasteiger partial charge is 0.175 e. The molecule has 0 radical (unpaired) electrons. The zero-order valence-electron chi connectivity index (χ0n) is 15.3. The van der Waals surface area contributed by atoms with Crippen molar-refractivity contribution < 1.29 is 8.42 Å². The molecule has 4 aromatic rings. The highest BCUT2D eigenvalue weighted by atomic mass is 35.5. The molecule has 0 bridgehead atoms. The van der Waals surface area contributed by atoms with Crippen LogP contribution in [0.25, 0.3) is 28.2 Å². The number of sulfone groups is 1. The third kappa shape index (κ3) is 3.63. The minimum atomic E-state index is -3.24. The molecular weight excluding hydrogens is 412 g/mol. The standard InChI is InChI=1S/C21H17ClN2O2S2/c1-14-19(11-12-27-14)21-13-20(15-3-5-16(22)6-4-15)23-24(21)17-7-9-18(10-8-17)28(2,25)26/h3-13H,1-2H3. The van der Waals surface area contributed by atoms with Gasteiger partial charge in [-0.2, -0.15) is 5.10 Å². The molecule has 7 heteroatoms. The van der Waals surface area contributed by atoms with Crippen LogP contribution in [-0.4, -0.2) is 24.5 Å². The summed E-state index contributed by atoms with van der Waals surface area (Å²) in [6.07, 6.45) is 1.20. The Bertz CT molecular complexity index is 1240. The second-order valence-electron chi connectivity index (χ2n) is 6.49. The molecule has 0 aliphatic heterocycles. The molecule has 4 nitrogen and oxygen atoms in total. The Morgan fingerprint density at radius 2 is 1.68 bits per heavy atom. The summed E-state index contributed by atoms with van der Waals surface area (Å²) in [6, 6.07) is 18.4. The van der Waals surface area contributed by atoms with E-state index in [1.807, 2.05) is 35.0 Å². The average Bonchev–Trinajstić information content (AvgIpc) is 3.28. The Hall–Kier alpha value is -2.41. The van der Waals surface area contributed by atoms with Crippen LogP contribution in [0.4, 0.5) is 0 Å². The van der Waals surface area contributed by atoms with Crippen molar-refractivity contribution in [2.45, 2.75) is 11.8 Å². The minimum Gasteiger partial charge on any atom is -0.232 e. The number of thiophene rings is 1. The highest BCUT2D eigenvalue weighted by Crippen LogP contribution is 2.33. The van der Waals surface area contributed by atoms with Crippen molar-refractivity contribution in [1.29, 1.82) is 0 Å². The molecule has 2 heterocycles. The van der Waals surface area contributed by atoms with Crippen molar-refractivity contribution in [1.82, 2.24) is 9.78 Å². The monoisotopic (exact) mass is 428 g/mol. The normalized spacial score (nSPS) is 11.7. The van der Waals surface area contributed by atoms with Gasteiger partial charge in [-0.3, -0.25) is 0 Å². The first-order chi connectivity index (χ1) is 13.3. The van der Waals surface area contributed by atoms with Crippen LogP contribution < -0.4 is 0 Å². The Kier molecular flexibility index (Phi) is 4.87. The lowest BCUT2D eigenvalue weighted by Gasteiger charge is -2.08. The van der Waals surface area contributed by atoms with Crippen LogP contribution in [0.2, 0.25) is 5.02 Å². The van der Waals surface area contributed by atoms with Crippen LogP contribution in [0.3, 0.4) is 0 Å². The molecule has 0 saturated heterocycles. The van der Waals surface area contributed by atoms with Crippen molar-refractivity contribution in [3.05, 3.63) is 75.9 Å². The van der Waals surface area contributed by atoms with Crippen molar-refractivity contribution in [2.24, 2.45) is 0 Å². The predicted molar refractivity (Wildman–Crippen MR) is 115 cm³/mol. The van der Waals surface area contributed by atoms with E-state index >= 15 is 0 Å². The maximum atomic E-state index is 11.8. The summed E-state index contributed by atoms with van der Waals surface area (Å²) < 4.78 is 25.4. The fourth-order valence-corrected chi connectivity index (χ4v) is 4.48. The second kappa shape index (κ2) is 7.20. The Morgan fingerprint density at radius 3 is 2.25 bits per heavy atom. The molecule has 0 unspecified atom stereocenters. The highest BCUT2D eigenvalue weighted by molar-refractivity contribution is 7.90. The van der Waals surface area contributed by atoms with Gasteiger partial charge in [-0.05, 0) is 60.8 Å². The van der Waals surface area contributed by atoms with Crippen LogP contribution in [-0.2, 0) is 9.84 Å². The molecule has 28 heavy (non-hydrogen) atoms. The molecule has 0 aliphatic carbocycles. The van der Waals surface area contributed by atoms with E-state index in [0.717, 1.165) is 28.2 Å². The number of rotatable bonds is 4. The fourth-order valence-electron chi connectivity index (χ4n) is 3.02. The fraction of sp³-hybridized carbons (Fsp3) is 0.0952. The van der Waals surface area contributed by atoms with Gasteiger partial charge in [0.2, 0.25) is 0 Å². The van der Waals surface area contributed by atoms with E-state index in [-0.39, 0.29) is 4.90 Å². The van der Waals surface area contributed by atoms with Gasteiger partial charge in [0.25, 0.3) is 0 Å². The highest BCUT2D eigenvalue weighted by Gasteiger charge is 2.16. The van der Waals surface area contributed by atoms with Gasteiger partial charge in [0.05, 0.1) is 22.0 Å². The first kappa shape index (κ1) is 18.9. The lowest BCUT2D eigenvalue weighted by Crippen LogP contribution is -2.01. The van der Waals surface area contributed by atoms with E-state index in [1.54, 1.807) is 35.6 Å². The molecule has 4 rings (SSSR count). The van der Waals surface area contributed by atoms with Gasteiger partial charge in [-0.25, -0.2) is 13.1 Å². The number of hydrogen-bond donors (Lipinski definition) is 0.